The van der Waals surface area contributed by atoms with Crippen molar-refractivity contribution in [3.63, 3.8) is 0 Å². The molecule has 5 N–H and O–H groups in total. The van der Waals surface area contributed by atoms with E-state index in [1.54, 1.807) is 43.6 Å². The van der Waals surface area contributed by atoms with E-state index in [9.17, 15) is 14.4 Å². The number of pyridine rings is 1. The van der Waals surface area contributed by atoms with E-state index in [-0.39, 0.29) is 11.8 Å². The average molecular weight is 396 g/mol. The van der Waals surface area contributed by atoms with E-state index in [2.05, 4.69) is 20.9 Å². The van der Waals surface area contributed by atoms with E-state index in [1.807, 2.05) is 0 Å². The van der Waals surface area contributed by atoms with Gasteiger partial charge in [0.05, 0.1) is 5.52 Å². The molecule has 0 saturated heterocycles. The summed E-state index contributed by atoms with van der Waals surface area (Å²) < 4.78 is 7.33. The first kappa shape index (κ1) is 19.7. The van der Waals surface area contributed by atoms with Gasteiger partial charge in [0.1, 0.15) is 23.4 Å². The zero-order valence-electron chi connectivity index (χ0n) is 15.8. The van der Waals surface area contributed by atoms with Crippen molar-refractivity contribution >= 4 is 34.7 Å². The summed E-state index contributed by atoms with van der Waals surface area (Å²) in [6.45, 7) is 1.47. The van der Waals surface area contributed by atoms with Crippen molar-refractivity contribution in [2.24, 2.45) is 5.73 Å². The molecule has 3 aromatic rings. The summed E-state index contributed by atoms with van der Waals surface area (Å²) in [6, 6.07) is 8.62. The lowest BCUT2D eigenvalue weighted by Crippen LogP contribution is -2.44. The molecule has 0 radical (unpaired) electrons. The van der Waals surface area contributed by atoms with Gasteiger partial charge in [0.2, 0.25) is 5.91 Å². The largest absolute Gasteiger partial charge is 0.457 e. The van der Waals surface area contributed by atoms with Crippen molar-refractivity contribution < 1.29 is 19.1 Å². The van der Waals surface area contributed by atoms with Crippen LogP contribution in [0.25, 0.3) is 10.9 Å². The van der Waals surface area contributed by atoms with Gasteiger partial charge in [-0.3, -0.25) is 14.7 Å². The Bertz CT molecular complexity index is 1080. The Morgan fingerprint density at radius 3 is 2.62 bits per heavy atom. The maximum absolute atomic E-state index is 11.9. The molecule has 0 aliphatic carbocycles. The van der Waals surface area contributed by atoms with Crippen LogP contribution in [0.4, 0.5) is 15.4 Å². The molecule has 0 spiro atoms. The summed E-state index contributed by atoms with van der Waals surface area (Å²) in [5.74, 6) is 0.591. The fraction of sp³-hybridized carbons (Fsp3) is 0.158. The highest BCUT2D eigenvalue weighted by Crippen LogP contribution is 2.27. The van der Waals surface area contributed by atoms with Gasteiger partial charge < -0.3 is 21.1 Å². The number of anilines is 1. The first-order valence-corrected chi connectivity index (χ1v) is 8.71. The number of benzene rings is 1. The van der Waals surface area contributed by atoms with Gasteiger partial charge in [-0.15, -0.1) is 0 Å². The number of urea groups is 1. The Morgan fingerprint density at radius 2 is 1.90 bits per heavy atom. The van der Waals surface area contributed by atoms with Crippen molar-refractivity contribution in [3.05, 3.63) is 48.8 Å². The van der Waals surface area contributed by atoms with Crippen LogP contribution in [-0.2, 0) is 4.79 Å². The van der Waals surface area contributed by atoms with E-state index >= 15 is 0 Å². The monoisotopic (exact) mass is 396 g/mol. The van der Waals surface area contributed by atoms with Crippen LogP contribution in [0.3, 0.4) is 0 Å². The molecule has 0 bridgehead atoms. The number of hydrogen-bond donors (Lipinski definition) is 4. The number of fused-ring (bicyclic) bond motifs is 1. The fourth-order valence-corrected chi connectivity index (χ4v) is 2.58. The van der Waals surface area contributed by atoms with Crippen LogP contribution >= 0.6 is 0 Å². The number of carbonyl (C=O) groups excluding carboxylic acids is 3. The van der Waals surface area contributed by atoms with Crippen LogP contribution in [0.1, 0.15) is 6.92 Å². The number of carbonyl (C=O) groups is 3. The summed E-state index contributed by atoms with van der Waals surface area (Å²) in [5.41, 5.74) is 5.86. The Morgan fingerprint density at radius 1 is 1.14 bits per heavy atom. The van der Waals surface area contributed by atoms with Crippen molar-refractivity contribution in [3.8, 4) is 11.5 Å². The Kier molecular flexibility index (Phi) is 5.63. The summed E-state index contributed by atoms with van der Waals surface area (Å²) in [5, 5.41) is 8.31. The first-order valence-electron chi connectivity index (χ1n) is 8.71. The number of nitrogens with two attached hydrogens (primary N) is 1. The zero-order chi connectivity index (χ0) is 21.0. The predicted molar refractivity (Wildman–Crippen MR) is 107 cm³/mol. The Labute approximate surface area is 166 Å². The van der Waals surface area contributed by atoms with Crippen LogP contribution in [-0.4, -0.2) is 40.6 Å². The van der Waals surface area contributed by atoms with E-state index in [4.69, 9.17) is 10.5 Å². The minimum absolute atomic E-state index is 0.234. The number of amides is 4. The molecule has 1 aromatic carbocycles. The number of nitrogens with one attached hydrogen (secondary N) is 3. The SMILES string of the molecule is CNC(=O)n1ccc2cc(Oc3ccnc(NC(=O)N[C@@H](C)C(N)=O)c3)ccc21. The van der Waals surface area contributed by atoms with Crippen LogP contribution in [0.15, 0.2) is 48.8 Å². The molecular formula is C19H20N6O4. The molecule has 10 nitrogen and oxygen atoms in total. The third-order valence-corrected chi connectivity index (χ3v) is 4.08. The van der Waals surface area contributed by atoms with Gasteiger partial charge in [0.25, 0.3) is 0 Å². The smallest absolute Gasteiger partial charge is 0.325 e. The molecule has 10 heteroatoms. The van der Waals surface area contributed by atoms with Gasteiger partial charge in [-0.1, -0.05) is 0 Å². The standard InChI is InChI=1S/C19H20N6O4/c1-11(17(20)26)23-18(27)24-16-10-14(5-7-22-16)29-13-3-4-15-12(9-13)6-8-25(15)19(28)21-2/h3-11H,1-2H3,(H2,20,26)(H,21,28)(H2,22,23,24,27)/t11-/m0/s1. The topological polar surface area (TPSA) is 140 Å². The summed E-state index contributed by atoms with van der Waals surface area (Å²) >= 11 is 0. The molecule has 4 amide bonds. The average Bonchev–Trinajstić information content (AvgIpc) is 3.10. The molecule has 3 rings (SSSR count). The van der Waals surface area contributed by atoms with Crippen molar-refractivity contribution in [2.75, 3.05) is 12.4 Å². The fourth-order valence-electron chi connectivity index (χ4n) is 2.58. The zero-order valence-corrected chi connectivity index (χ0v) is 15.8. The number of hydrogen-bond acceptors (Lipinski definition) is 5. The molecule has 0 saturated carbocycles. The third kappa shape index (κ3) is 4.61. The van der Waals surface area contributed by atoms with E-state index in [0.717, 1.165) is 10.9 Å². The van der Waals surface area contributed by atoms with Crippen LogP contribution in [0.2, 0.25) is 0 Å². The van der Waals surface area contributed by atoms with Crippen molar-refractivity contribution in [1.82, 2.24) is 20.2 Å². The van der Waals surface area contributed by atoms with E-state index < -0.39 is 18.0 Å². The molecule has 150 valence electrons. The summed E-state index contributed by atoms with van der Waals surface area (Å²) in [6.07, 6.45) is 3.15. The number of ether oxygens (including phenoxy) is 1. The van der Waals surface area contributed by atoms with Gasteiger partial charge in [-0.05, 0) is 37.3 Å². The minimum atomic E-state index is -0.816. The highest BCUT2D eigenvalue weighted by Gasteiger charge is 2.13. The van der Waals surface area contributed by atoms with Crippen LogP contribution < -0.4 is 26.4 Å². The lowest BCUT2D eigenvalue weighted by atomic mass is 10.2. The van der Waals surface area contributed by atoms with Gasteiger partial charge in [-0.25, -0.2) is 14.6 Å². The quantitative estimate of drug-likeness (QED) is 0.522. The molecular weight excluding hydrogens is 376 g/mol. The third-order valence-electron chi connectivity index (χ3n) is 4.08. The highest BCUT2D eigenvalue weighted by molar-refractivity contribution is 5.93. The van der Waals surface area contributed by atoms with Crippen molar-refractivity contribution in [2.45, 2.75) is 13.0 Å². The lowest BCUT2D eigenvalue weighted by molar-refractivity contribution is -0.119. The molecule has 0 aliphatic heterocycles. The number of aromatic nitrogens is 2. The second kappa shape index (κ2) is 8.30. The normalized spacial score (nSPS) is 11.5. The van der Waals surface area contributed by atoms with Crippen LogP contribution in [0, 0.1) is 0 Å². The van der Waals surface area contributed by atoms with Gasteiger partial charge in [0, 0.05) is 30.9 Å². The van der Waals surface area contributed by atoms with Crippen LogP contribution in [0.5, 0.6) is 11.5 Å². The molecule has 0 aliphatic rings. The highest BCUT2D eigenvalue weighted by atomic mass is 16.5. The Balaban J connectivity index is 1.72. The molecule has 1 atom stereocenters. The van der Waals surface area contributed by atoms with Gasteiger partial charge >= 0.3 is 12.1 Å². The maximum Gasteiger partial charge on any atom is 0.325 e. The first-order chi connectivity index (χ1) is 13.9. The number of rotatable bonds is 5. The second-order valence-corrected chi connectivity index (χ2v) is 6.16. The molecule has 0 unspecified atom stereocenters. The second-order valence-electron chi connectivity index (χ2n) is 6.16. The van der Waals surface area contributed by atoms with Gasteiger partial charge in [-0.2, -0.15) is 0 Å². The minimum Gasteiger partial charge on any atom is -0.457 e. The van der Waals surface area contributed by atoms with E-state index in [1.165, 1.54) is 23.8 Å². The summed E-state index contributed by atoms with van der Waals surface area (Å²) in [7, 11) is 1.57. The lowest BCUT2D eigenvalue weighted by Gasteiger charge is -2.12. The molecule has 2 heterocycles. The van der Waals surface area contributed by atoms with E-state index in [0.29, 0.717) is 11.5 Å². The summed E-state index contributed by atoms with van der Waals surface area (Å²) in [4.78, 5) is 38.8. The van der Waals surface area contributed by atoms with Crippen molar-refractivity contribution in [1.29, 1.82) is 0 Å². The predicted octanol–water partition coefficient (Wildman–Crippen LogP) is 2.01. The molecule has 2 aromatic heterocycles. The molecule has 0 fully saturated rings. The number of primary amides is 1. The van der Waals surface area contributed by atoms with Gasteiger partial charge in [0.15, 0.2) is 0 Å². The maximum atomic E-state index is 11.9. The Hall–Kier alpha value is -4.08. The number of nitrogens with zero attached hydrogens (tertiary/aromatic N) is 2. The molecule has 29 heavy (non-hydrogen) atoms.